The lowest BCUT2D eigenvalue weighted by atomic mass is 9.97. The molecule has 5 heteroatoms. The predicted molar refractivity (Wildman–Crippen MR) is 87.3 cm³/mol. The summed E-state index contributed by atoms with van der Waals surface area (Å²) in [4.78, 5) is 27.9. The van der Waals surface area contributed by atoms with Crippen molar-refractivity contribution in [2.45, 2.75) is 19.4 Å². The molecular weight excluding hydrogens is 290 g/mol. The van der Waals surface area contributed by atoms with Crippen LogP contribution < -0.4 is 10.6 Å². The number of nitrogens with zero attached hydrogens (tertiary/aromatic N) is 1. The average molecular weight is 309 g/mol. The van der Waals surface area contributed by atoms with Crippen LogP contribution in [-0.4, -0.2) is 23.3 Å². The zero-order valence-electron chi connectivity index (χ0n) is 12.8. The number of hydrogen-bond donors (Lipinski definition) is 2. The molecule has 0 saturated carbocycles. The number of benzene rings is 1. The Bertz CT molecular complexity index is 683. The molecule has 0 radical (unpaired) electrons. The number of rotatable bonds is 4. The molecule has 2 N–H and O–H groups in total. The fourth-order valence-corrected chi connectivity index (χ4v) is 2.68. The molecule has 0 spiro atoms. The fraction of sp³-hybridized carbons (Fsp3) is 0.278. The maximum absolute atomic E-state index is 12.1. The smallest absolute Gasteiger partial charge is 0.232 e. The third-order valence-corrected chi connectivity index (χ3v) is 4.02. The number of hydrogen-bond acceptors (Lipinski definition) is 3. The van der Waals surface area contributed by atoms with Gasteiger partial charge < -0.3 is 10.6 Å². The standard InChI is InChI=1S/C18H19N3O2/c22-17-16(4-2-10-20-17)18(23)21-11-13-5-7-14(8-6-13)15-3-1-9-19-12-15/h1,3,5-9,12,16H,2,4,10-11H2,(H,20,22)(H,21,23). The first-order valence-corrected chi connectivity index (χ1v) is 7.79. The van der Waals surface area contributed by atoms with E-state index >= 15 is 0 Å². The van der Waals surface area contributed by atoms with Crippen LogP contribution in [0.1, 0.15) is 18.4 Å². The van der Waals surface area contributed by atoms with Gasteiger partial charge in [-0.15, -0.1) is 0 Å². The van der Waals surface area contributed by atoms with E-state index in [4.69, 9.17) is 0 Å². The van der Waals surface area contributed by atoms with Gasteiger partial charge in [0.2, 0.25) is 11.8 Å². The van der Waals surface area contributed by atoms with Crippen molar-refractivity contribution < 1.29 is 9.59 Å². The molecule has 1 aliphatic heterocycles. The minimum absolute atomic E-state index is 0.166. The zero-order valence-corrected chi connectivity index (χ0v) is 12.8. The maximum Gasteiger partial charge on any atom is 0.232 e. The lowest BCUT2D eigenvalue weighted by Crippen LogP contribution is -2.44. The molecule has 2 heterocycles. The second-order valence-electron chi connectivity index (χ2n) is 5.64. The first-order valence-electron chi connectivity index (χ1n) is 7.79. The predicted octanol–water partition coefficient (Wildman–Crippen LogP) is 1.89. The van der Waals surface area contributed by atoms with E-state index in [1.54, 1.807) is 6.20 Å². The van der Waals surface area contributed by atoms with Crippen LogP contribution in [0.25, 0.3) is 11.1 Å². The highest BCUT2D eigenvalue weighted by Crippen LogP contribution is 2.18. The Labute approximate surface area is 135 Å². The molecule has 23 heavy (non-hydrogen) atoms. The summed E-state index contributed by atoms with van der Waals surface area (Å²) in [5.41, 5.74) is 3.14. The van der Waals surface area contributed by atoms with Crippen molar-refractivity contribution in [3.8, 4) is 11.1 Å². The van der Waals surface area contributed by atoms with E-state index in [0.717, 1.165) is 23.1 Å². The number of amides is 2. The Morgan fingerprint density at radius 2 is 2.04 bits per heavy atom. The molecule has 1 saturated heterocycles. The highest BCUT2D eigenvalue weighted by atomic mass is 16.2. The van der Waals surface area contributed by atoms with E-state index in [2.05, 4.69) is 15.6 Å². The minimum Gasteiger partial charge on any atom is -0.355 e. The van der Waals surface area contributed by atoms with Crippen molar-refractivity contribution in [3.05, 3.63) is 54.4 Å². The number of pyridine rings is 1. The Hall–Kier alpha value is -2.69. The van der Waals surface area contributed by atoms with E-state index < -0.39 is 5.92 Å². The molecule has 1 unspecified atom stereocenters. The molecule has 1 atom stereocenters. The first-order chi connectivity index (χ1) is 11.2. The SMILES string of the molecule is O=C1NCCCC1C(=O)NCc1ccc(-c2cccnc2)cc1. The van der Waals surface area contributed by atoms with Gasteiger partial charge in [0.25, 0.3) is 0 Å². The molecule has 2 aromatic rings. The van der Waals surface area contributed by atoms with Crippen LogP contribution in [0.2, 0.25) is 0 Å². The summed E-state index contributed by atoms with van der Waals surface area (Å²) in [5.74, 6) is -0.919. The molecule has 2 amide bonds. The molecule has 3 rings (SSSR count). The van der Waals surface area contributed by atoms with Crippen LogP contribution in [-0.2, 0) is 16.1 Å². The van der Waals surface area contributed by atoms with Crippen LogP contribution in [0, 0.1) is 5.92 Å². The lowest BCUT2D eigenvalue weighted by molar-refractivity contribution is -0.136. The Balaban J connectivity index is 1.58. The van der Waals surface area contributed by atoms with Crippen molar-refractivity contribution >= 4 is 11.8 Å². The summed E-state index contributed by atoms with van der Waals surface area (Å²) in [6.45, 7) is 1.09. The van der Waals surface area contributed by atoms with E-state index in [-0.39, 0.29) is 11.8 Å². The van der Waals surface area contributed by atoms with Crippen molar-refractivity contribution in [3.63, 3.8) is 0 Å². The van der Waals surface area contributed by atoms with E-state index in [9.17, 15) is 9.59 Å². The molecule has 1 aromatic carbocycles. The van der Waals surface area contributed by atoms with E-state index in [1.165, 1.54) is 0 Å². The number of piperidine rings is 1. The molecule has 0 aliphatic carbocycles. The third kappa shape index (κ3) is 3.74. The van der Waals surface area contributed by atoms with Gasteiger partial charge in [0.1, 0.15) is 5.92 Å². The van der Waals surface area contributed by atoms with Gasteiger partial charge in [0.05, 0.1) is 0 Å². The highest BCUT2D eigenvalue weighted by Gasteiger charge is 2.28. The van der Waals surface area contributed by atoms with Crippen molar-refractivity contribution in [2.24, 2.45) is 5.92 Å². The Kier molecular flexibility index (Phi) is 4.66. The summed E-state index contributed by atoms with van der Waals surface area (Å²) >= 11 is 0. The van der Waals surface area contributed by atoms with Gasteiger partial charge in [0.15, 0.2) is 0 Å². The van der Waals surface area contributed by atoms with Gasteiger partial charge in [-0.05, 0) is 35.6 Å². The van der Waals surface area contributed by atoms with Crippen molar-refractivity contribution in [1.82, 2.24) is 15.6 Å². The first kappa shape index (κ1) is 15.2. The van der Waals surface area contributed by atoms with E-state index in [1.807, 2.05) is 42.6 Å². The molecule has 0 bridgehead atoms. The zero-order chi connectivity index (χ0) is 16.1. The fourth-order valence-electron chi connectivity index (χ4n) is 2.68. The van der Waals surface area contributed by atoms with Gasteiger partial charge in [0, 0.05) is 25.5 Å². The second-order valence-corrected chi connectivity index (χ2v) is 5.64. The number of nitrogens with one attached hydrogen (secondary N) is 2. The summed E-state index contributed by atoms with van der Waals surface area (Å²) in [7, 11) is 0. The van der Waals surface area contributed by atoms with Gasteiger partial charge in [-0.2, -0.15) is 0 Å². The van der Waals surface area contributed by atoms with Gasteiger partial charge in [-0.25, -0.2) is 0 Å². The quantitative estimate of drug-likeness (QED) is 0.847. The van der Waals surface area contributed by atoms with Gasteiger partial charge in [-0.3, -0.25) is 14.6 Å². The number of carbonyl (C=O) groups excluding carboxylic acids is 2. The van der Waals surface area contributed by atoms with E-state index in [0.29, 0.717) is 19.5 Å². The highest BCUT2D eigenvalue weighted by molar-refractivity contribution is 6.00. The van der Waals surface area contributed by atoms with Gasteiger partial charge >= 0.3 is 0 Å². The van der Waals surface area contributed by atoms with Crippen LogP contribution in [0.5, 0.6) is 0 Å². The maximum atomic E-state index is 12.1. The largest absolute Gasteiger partial charge is 0.355 e. The molecule has 5 nitrogen and oxygen atoms in total. The summed E-state index contributed by atoms with van der Waals surface area (Å²) in [6.07, 6.45) is 5.04. The van der Waals surface area contributed by atoms with Crippen LogP contribution in [0.3, 0.4) is 0 Å². The van der Waals surface area contributed by atoms with Crippen LogP contribution in [0.4, 0.5) is 0 Å². The van der Waals surface area contributed by atoms with Crippen LogP contribution in [0.15, 0.2) is 48.8 Å². The van der Waals surface area contributed by atoms with Gasteiger partial charge in [-0.1, -0.05) is 30.3 Å². The number of carbonyl (C=O) groups is 2. The lowest BCUT2D eigenvalue weighted by Gasteiger charge is -2.21. The molecule has 1 fully saturated rings. The number of aromatic nitrogens is 1. The Morgan fingerprint density at radius 1 is 1.22 bits per heavy atom. The summed E-state index contributed by atoms with van der Waals surface area (Å²) in [5, 5.41) is 5.58. The second kappa shape index (κ2) is 7.05. The Morgan fingerprint density at radius 3 is 2.74 bits per heavy atom. The monoisotopic (exact) mass is 309 g/mol. The van der Waals surface area contributed by atoms with Crippen LogP contribution >= 0.6 is 0 Å². The average Bonchev–Trinajstić information content (AvgIpc) is 2.61. The van der Waals surface area contributed by atoms with Crippen molar-refractivity contribution in [2.75, 3.05) is 6.54 Å². The summed E-state index contributed by atoms with van der Waals surface area (Å²) in [6, 6.07) is 11.9. The molecule has 1 aliphatic rings. The van der Waals surface area contributed by atoms with Crippen molar-refractivity contribution in [1.29, 1.82) is 0 Å². The molecule has 118 valence electrons. The summed E-state index contributed by atoms with van der Waals surface area (Å²) < 4.78 is 0. The minimum atomic E-state index is -0.557. The molecular formula is C18H19N3O2. The normalized spacial score (nSPS) is 17.4. The topological polar surface area (TPSA) is 71.1 Å². The third-order valence-electron chi connectivity index (χ3n) is 4.02. The molecule has 1 aromatic heterocycles.